The third-order valence-electron chi connectivity index (χ3n) is 5.93. The molecule has 4 aromatic rings. The molecule has 0 fully saturated rings. The molecular weight excluding hydrogens is 464 g/mol. The summed E-state index contributed by atoms with van der Waals surface area (Å²) < 4.78 is 12.9. The maximum Gasteiger partial charge on any atom is 0.231 e. The highest BCUT2D eigenvalue weighted by Gasteiger charge is 2.21. The molecule has 0 aliphatic carbocycles. The highest BCUT2D eigenvalue weighted by atomic mass is 32.2. The van der Waals surface area contributed by atoms with E-state index in [-0.39, 0.29) is 24.2 Å². The van der Waals surface area contributed by atoms with Gasteiger partial charge in [-0.25, -0.2) is 0 Å². The standard InChI is InChI=1S/C26H20N4O4S/c31-21(17-6-9-20-16(12-17)8-11-24(32)27-20)14-35-26-29-28-25(30(26)19-4-2-1-3-5-19)18-7-10-22-23(13-18)34-15-33-22/h1-7,9-10,12-13H,8,11,14-15H2,(H,27,32). The summed E-state index contributed by atoms with van der Waals surface area (Å²) in [7, 11) is 0. The van der Waals surface area contributed by atoms with Gasteiger partial charge < -0.3 is 14.8 Å². The van der Waals surface area contributed by atoms with Crippen molar-refractivity contribution in [2.75, 3.05) is 17.9 Å². The Bertz CT molecular complexity index is 1450. The minimum absolute atomic E-state index is 0.00523. The number of rotatable bonds is 6. The number of ether oxygens (including phenoxy) is 2. The van der Waals surface area contributed by atoms with Crippen molar-refractivity contribution in [3.63, 3.8) is 0 Å². The molecule has 174 valence electrons. The summed E-state index contributed by atoms with van der Waals surface area (Å²) in [6.45, 7) is 0.197. The summed E-state index contributed by atoms with van der Waals surface area (Å²) in [4.78, 5) is 24.6. The minimum atomic E-state index is -0.0121. The van der Waals surface area contributed by atoms with Gasteiger partial charge in [-0.3, -0.25) is 14.2 Å². The summed E-state index contributed by atoms with van der Waals surface area (Å²) >= 11 is 1.34. The molecule has 3 aromatic carbocycles. The lowest BCUT2D eigenvalue weighted by atomic mass is 9.99. The average Bonchev–Trinajstić information content (AvgIpc) is 3.54. The number of benzene rings is 3. The van der Waals surface area contributed by atoms with Gasteiger partial charge in [0.15, 0.2) is 28.3 Å². The van der Waals surface area contributed by atoms with Crippen molar-refractivity contribution in [3.05, 3.63) is 77.9 Å². The van der Waals surface area contributed by atoms with Crippen molar-refractivity contribution < 1.29 is 19.1 Å². The Morgan fingerprint density at radius 3 is 2.71 bits per heavy atom. The number of ketones is 1. The van der Waals surface area contributed by atoms with E-state index < -0.39 is 0 Å². The van der Waals surface area contributed by atoms with Crippen LogP contribution in [0.1, 0.15) is 22.3 Å². The largest absolute Gasteiger partial charge is 0.454 e. The van der Waals surface area contributed by atoms with Crippen LogP contribution < -0.4 is 14.8 Å². The first-order chi connectivity index (χ1) is 17.2. The van der Waals surface area contributed by atoms with Gasteiger partial charge in [-0.05, 0) is 60.5 Å². The number of amides is 1. The minimum Gasteiger partial charge on any atom is -0.454 e. The SMILES string of the molecule is O=C1CCc2cc(C(=O)CSc3nnc(-c4ccc5c(c4)OCO5)n3-c3ccccc3)ccc2N1. The van der Waals surface area contributed by atoms with E-state index in [2.05, 4.69) is 15.5 Å². The number of nitrogens with one attached hydrogen (secondary N) is 1. The van der Waals surface area contributed by atoms with E-state index >= 15 is 0 Å². The predicted octanol–water partition coefficient (Wildman–Crippen LogP) is 4.52. The molecule has 3 heterocycles. The van der Waals surface area contributed by atoms with Crippen molar-refractivity contribution in [1.29, 1.82) is 0 Å². The van der Waals surface area contributed by atoms with E-state index in [4.69, 9.17) is 9.47 Å². The summed E-state index contributed by atoms with van der Waals surface area (Å²) in [5.74, 6) is 2.21. The topological polar surface area (TPSA) is 95.3 Å². The lowest BCUT2D eigenvalue weighted by molar-refractivity contribution is -0.116. The number of carbonyl (C=O) groups excluding carboxylic acids is 2. The molecule has 2 aliphatic heterocycles. The number of aromatic nitrogens is 3. The first-order valence-corrected chi connectivity index (χ1v) is 12.1. The molecule has 0 atom stereocenters. The molecule has 2 aliphatic rings. The highest BCUT2D eigenvalue weighted by molar-refractivity contribution is 7.99. The number of Topliss-reactive ketones (excluding diaryl/α,β-unsaturated/α-hetero) is 1. The average molecular weight is 485 g/mol. The molecule has 0 unspecified atom stereocenters. The zero-order valence-corrected chi connectivity index (χ0v) is 19.4. The van der Waals surface area contributed by atoms with Crippen LogP contribution >= 0.6 is 11.8 Å². The molecule has 6 rings (SSSR count). The smallest absolute Gasteiger partial charge is 0.231 e. The maximum atomic E-state index is 13.0. The number of aryl methyl sites for hydroxylation is 1. The number of anilines is 1. The molecule has 8 nitrogen and oxygen atoms in total. The zero-order valence-electron chi connectivity index (χ0n) is 18.6. The Morgan fingerprint density at radius 1 is 0.971 bits per heavy atom. The molecule has 0 radical (unpaired) electrons. The number of carbonyl (C=O) groups is 2. The van der Waals surface area contributed by atoms with Crippen LogP contribution in [-0.4, -0.2) is 39.0 Å². The van der Waals surface area contributed by atoms with Crippen molar-refractivity contribution >= 4 is 29.1 Å². The van der Waals surface area contributed by atoms with Crippen LogP contribution in [0.25, 0.3) is 17.1 Å². The van der Waals surface area contributed by atoms with Gasteiger partial charge in [-0.15, -0.1) is 10.2 Å². The number of fused-ring (bicyclic) bond motifs is 2. The number of hydrogen-bond acceptors (Lipinski definition) is 7. The Kier molecular flexibility index (Phi) is 5.46. The monoisotopic (exact) mass is 484 g/mol. The summed E-state index contributed by atoms with van der Waals surface area (Å²) in [6.07, 6.45) is 1.07. The van der Waals surface area contributed by atoms with Gasteiger partial charge in [0.2, 0.25) is 12.7 Å². The zero-order chi connectivity index (χ0) is 23.8. The van der Waals surface area contributed by atoms with Crippen LogP contribution in [0.4, 0.5) is 5.69 Å². The number of thioether (sulfide) groups is 1. The number of hydrogen-bond donors (Lipinski definition) is 1. The van der Waals surface area contributed by atoms with Crippen LogP contribution in [0.3, 0.4) is 0 Å². The second-order valence-corrected chi connectivity index (χ2v) is 9.12. The molecule has 9 heteroatoms. The van der Waals surface area contributed by atoms with Crippen LogP contribution in [0.5, 0.6) is 11.5 Å². The fraction of sp³-hybridized carbons (Fsp3) is 0.154. The molecule has 1 N–H and O–H groups in total. The Balaban J connectivity index is 1.28. The van der Waals surface area contributed by atoms with E-state index in [0.29, 0.717) is 40.9 Å². The lowest BCUT2D eigenvalue weighted by Crippen LogP contribution is -2.19. The van der Waals surface area contributed by atoms with Crippen LogP contribution in [0, 0.1) is 0 Å². The number of nitrogens with zero attached hydrogens (tertiary/aromatic N) is 3. The van der Waals surface area contributed by atoms with Crippen molar-refractivity contribution in [3.8, 4) is 28.6 Å². The van der Waals surface area contributed by atoms with E-state index in [9.17, 15) is 9.59 Å². The second-order valence-electron chi connectivity index (χ2n) is 8.18. The summed E-state index contributed by atoms with van der Waals surface area (Å²) in [5, 5.41) is 12.3. The molecule has 0 bridgehead atoms. The lowest BCUT2D eigenvalue weighted by Gasteiger charge is -2.17. The third kappa shape index (κ3) is 4.15. The van der Waals surface area contributed by atoms with Gasteiger partial charge in [0.05, 0.1) is 5.75 Å². The Hall–Kier alpha value is -4.11. The van der Waals surface area contributed by atoms with Gasteiger partial charge in [0.1, 0.15) is 0 Å². The predicted molar refractivity (Wildman–Crippen MR) is 131 cm³/mol. The van der Waals surface area contributed by atoms with E-state index in [1.165, 1.54) is 11.8 Å². The highest BCUT2D eigenvalue weighted by Crippen LogP contribution is 2.37. The van der Waals surface area contributed by atoms with Gasteiger partial charge in [0, 0.05) is 28.9 Å². The molecular formula is C26H20N4O4S. The molecule has 0 saturated carbocycles. The van der Waals surface area contributed by atoms with Gasteiger partial charge in [-0.2, -0.15) is 0 Å². The Labute approximate surface area is 205 Å². The Morgan fingerprint density at radius 2 is 1.83 bits per heavy atom. The van der Waals surface area contributed by atoms with Gasteiger partial charge >= 0.3 is 0 Å². The normalized spacial score (nSPS) is 13.9. The molecule has 0 saturated heterocycles. The molecule has 35 heavy (non-hydrogen) atoms. The number of para-hydroxylation sites is 1. The molecule has 1 aromatic heterocycles. The first-order valence-electron chi connectivity index (χ1n) is 11.2. The van der Waals surface area contributed by atoms with E-state index in [1.807, 2.05) is 59.2 Å². The maximum absolute atomic E-state index is 13.0. The second kappa shape index (κ2) is 8.92. The van der Waals surface area contributed by atoms with E-state index in [0.717, 1.165) is 22.5 Å². The molecule has 0 spiro atoms. The van der Waals surface area contributed by atoms with Crippen molar-refractivity contribution in [2.45, 2.75) is 18.0 Å². The fourth-order valence-electron chi connectivity index (χ4n) is 4.17. The van der Waals surface area contributed by atoms with Crippen LogP contribution in [0.2, 0.25) is 0 Å². The van der Waals surface area contributed by atoms with Crippen molar-refractivity contribution in [1.82, 2.24) is 14.8 Å². The van der Waals surface area contributed by atoms with Crippen molar-refractivity contribution in [2.24, 2.45) is 0 Å². The van der Waals surface area contributed by atoms with Gasteiger partial charge in [0.25, 0.3) is 0 Å². The van der Waals surface area contributed by atoms with E-state index in [1.54, 1.807) is 12.1 Å². The fourth-order valence-corrected chi connectivity index (χ4v) is 5.01. The summed E-state index contributed by atoms with van der Waals surface area (Å²) in [6, 6.07) is 20.9. The first kappa shape index (κ1) is 21.4. The third-order valence-corrected chi connectivity index (χ3v) is 6.86. The van der Waals surface area contributed by atoms with Gasteiger partial charge in [-0.1, -0.05) is 30.0 Å². The van der Waals surface area contributed by atoms with Crippen LogP contribution in [-0.2, 0) is 11.2 Å². The van der Waals surface area contributed by atoms with Crippen LogP contribution in [0.15, 0.2) is 71.9 Å². The molecule has 1 amide bonds. The quantitative estimate of drug-likeness (QED) is 0.317. The summed E-state index contributed by atoms with van der Waals surface area (Å²) in [5.41, 5.74) is 4.11.